The topological polar surface area (TPSA) is 82.7 Å². The van der Waals surface area contributed by atoms with Crippen molar-refractivity contribution in [3.8, 4) is 28.6 Å². The molecule has 3 aromatic rings. The van der Waals surface area contributed by atoms with Gasteiger partial charge in [-0.2, -0.15) is 5.26 Å². The minimum Gasteiger partial charge on any atom is -0.365 e. The van der Waals surface area contributed by atoms with Crippen molar-refractivity contribution in [1.82, 2.24) is 14.9 Å². The number of aromatic nitrogens is 2. The van der Waals surface area contributed by atoms with Crippen LogP contribution < -0.4 is 16.2 Å². The zero-order valence-corrected chi connectivity index (χ0v) is 18.3. The Labute approximate surface area is 187 Å². The van der Waals surface area contributed by atoms with Crippen molar-refractivity contribution < 1.29 is 0 Å². The van der Waals surface area contributed by atoms with Gasteiger partial charge < -0.3 is 15.2 Å². The summed E-state index contributed by atoms with van der Waals surface area (Å²) in [6.45, 7) is 2.70. The molecule has 0 bridgehead atoms. The zero-order chi connectivity index (χ0) is 22.1. The normalized spacial score (nSPS) is 17.8. The van der Waals surface area contributed by atoms with Gasteiger partial charge in [-0.15, -0.1) is 0 Å². The second-order valence-corrected chi connectivity index (χ2v) is 8.85. The van der Waals surface area contributed by atoms with E-state index in [0.29, 0.717) is 23.2 Å². The molecule has 2 fully saturated rings. The molecule has 2 aliphatic rings. The van der Waals surface area contributed by atoms with Crippen LogP contribution >= 0.6 is 0 Å². The van der Waals surface area contributed by atoms with Crippen LogP contribution in [0, 0.1) is 17.2 Å². The number of anilines is 1. The first kappa shape index (κ1) is 20.5. The first-order valence-electron chi connectivity index (χ1n) is 11.3. The van der Waals surface area contributed by atoms with Gasteiger partial charge in [-0.05, 0) is 61.9 Å². The Balaban J connectivity index is 1.58. The highest BCUT2D eigenvalue weighted by molar-refractivity contribution is 5.79. The largest absolute Gasteiger partial charge is 0.365 e. The summed E-state index contributed by atoms with van der Waals surface area (Å²) in [5.41, 5.74) is 5.20. The quantitative estimate of drug-likeness (QED) is 0.626. The first-order valence-corrected chi connectivity index (χ1v) is 11.3. The Bertz CT molecular complexity index is 1210. The molecule has 1 saturated heterocycles. The van der Waals surface area contributed by atoms with Crippen molar-refractivity contribution in [3.05, 3.63) is 70.0 Å². The molecule has 32 heavy (non-hydrogen) atoms. The van der Waals surface area contributed by atoms with Crippen LogP contribution in [0.15, 0.2) is 53.3 Å². The summed E-state index contributed by atoms with van der Waals surface area (Å²) < 4.78 is 1.70. The number of nitriles is 1. The second-order valence-electron chi connectivity index (χ2n) is 8.85. The third-order valence-corrected chi connectivity index (χ3v) is 6.53. The van der Waals surface area contributed by atoms with Gasteiger partial charge in [0.25, 0.3) is 5.56 Å². The summed E-state index contributed by atoms with van der Waals surface area (Å²) in [4.78, 5) is 18.0. The van der Waals surface area contributed by atoms with Crippen LogP contribution in [0.25, 0.3) is 22.5 Å². The number of nitrogens with one attached hydrogen (secondary N) is 2. The SMILES string of the molecule is Cn1c(-c2ccc(C3CC3)cc2)c(-c2ccc(C#N)cc2)nc(NC[C@H]2CCNC2)c1=O. The van der Waals surface area contributed by atoms with E-state index < -0.39 is 0 Å². The van der Waals surface area contributed by atoms with Gasteiger partial charge in [-0.25, -0.2) is 4.98 Å². The van der Waals surface area contributed by atoms with Crippen LogP contribution in [0.2, 0.25) is 0 Å². The van der Waals surface area contributed by atoms with Gasteiger partial charge in [0.05, 0.1) is 23.0 Å². The predicted molar refractivity (Wildman–Crippen MR) is 127 cm³/mol. The van der Waals surface area contributed by atoms with Gasteiger partial charge in [0.1, 0.15) is 0 Å². The second kappa shape index (κ2) is 8.60. The molecule has 2 heterocycles. The highest BCUT2D eigenvalue weighted by Crippen LogP contribution is 2.41. The first-order chi connectivity index (χ1) is 15.6. The average molecular weight is 426 g/mol. The molecular formula is C26H27N5O. The highest BCUT2D eigenvalue weighted by Gasteiger charge is 2.24. The minimum atomic E-state index is -0.130. The molecule has 1 aromatic heterocycles. The molecule has 1 saturated carbocycles. The Morgan fingerprint density at radius 3 is 2.44 bits per heavy atom. The number of benzene rings is 2. The molecule has 162 valence electrons. The number of nitrogens with zero attached hydrogens (tertiary/aromatic N) is 3. The number of hydrogen-bond acceptors (Lipinski definition) is 5. The average Bonchev–Trinajstić information content (AvgIpc) is 3.55. The zero-order valence-electron chi connectivity index (χ0n) is 18.3. The molecule has 6 nitrogen and oxygen atoms in total. The molecular weight excluding hydrogens is 398 g/mol. The van der Waals surface area contributed by atoms with Crippen molar-refractivity contribution >= 4 is 5.82 Å². The van der Waals surface area contributed by atoms with Crippen LogP contribution in [0.1, 0.15) is 36.3 Å². The molecule has 2 aromatic carbocycles. The molecule has 5 rings (SSSR count). The van der Waals surface area contributed by atoms with Crippen molar-refractivity contribution in [2.45, 2.75) is 25.2 Å². The fraction of sp³-hybridized carbons (Fsp3) is 0.346. The van der Waals surface area contributed by atoms with Gasteiger partial charge in [0, 0.05) is 24.7 Å². The Morgan fingerprint density at radius 1 is 1.09 bits per heavy atom. The van der Waals surface area contributed by atoms with E-state index in [1.165, 1.54) is 18.4 Å². The standard InChI is InChI=1S/C26H27N5O/c1-31-24(22-10-8-20(9-11-22)19-6-7-19)23(21-4-2-17(14-27)3-5-21)30-25(26(31)32)29-16-18-12-13-28-15-18/h2-5,8-11,18-19,28H,6-7,12-13,15-16H2,1H3,(H,29,30)/t18-/m0/s1. The maximum absolute atomic E-state index is 13.2. The summed E-state index contributed by atoms with van der Waals surface area (Å²) in [7, 11) is 1.81. The van der Waals surface area contributed by atoms with E-state index >= 15 is 0 Å². The third kappa shape index (κ3) is 4.04. The van der Waals surface area contributed by atoms with Crippen LogP contribution in [0.4, 0.5) is 5.82 Å². The van der Waals surface area contributed by atoms with Crippen molar-refractivity contribution in [1.29, 1.82) is 5.26 Å². The fourth-order valence-corrected chi connectivity index (χ4v) is 4.44. The molecule has 6 heteroatoms. The molecule has 1 atom stereocenters. The van der Waals surface area contributed by atoms with E-state index in [9.17, 15) is 10.1 Å². The molecule has 2 N–H and O–H groups in total. The molecule has 1 aliphatic heterocycles. The molecule has 1 aliphatic carbocycles. The fourth-order valence-electron chi connectivity index (χ4n) is 4.44. The van der Waals surface area contributed by atoms with E-state index in [2.05, 4.69) is 41.0 Å². The number of hydrogen-bond donors (Lipinski definition) is 2. The Morgan fingerprint density at radius 2 is 1.81 bits per heavy atom. The minimum absolute atomic E-state index is 0.130. The molecule has 0 radical (unpaired) electrons. The lowest BCUT2D eigenvalue weighted by molar-refractivity contribution is 0.613. The predicted octanol–water partition coefficient (Wildman–Crippen LogP) is 3.88. The van der Waals surface area contributed by atoms with Crippen LogP contribution in [0.5, 0.6) is 0 Å². The maximum Gasteiger partial charge on any atom is 0.293 e. The smallest absolute Gasteiger partial charge is 0.293 e. The highest BCUT2D eigenvalue weighted by atomic mass is 16.1. The van der Waals surface area contributed by atoms with Crippen molar-refractivity contribution in [2.75, 3.05) is 25.0 Å². The van der Waals surface area contributed by atoms with Gasteiger partial charge in [-0.1, -0.05) is 36.4 Å². The molecule has 0 amide bonds. The lowest BCUT2D eigenvalue weighted by Crippen LogP contribution is -2.27. The lowest BCUT2D eigenvalue weighted by Gasteiger charge is -2.18. The third-order valence-electron chi connectivity index (χ3n) is 6.53. The van der Waals surface area contributed by atoms with E-state index in [0.717, 1.165) is 48.6 Å². The monoisotopic (exact) mass is 425 g/mol. The Kier molecular flexibility index (Phi) is 5.50. The van der Waals surface area contributed by atoms with E-state index in [4.69, 9.17) is 4.98 Å². The van der Waals surface area contributed by atoms with Gasteiger partial charge in [0.2, 0.25) is 0 Å². The molecule has 0 spiro atoms. The van der Waals surface area contributed by atoms with Gasteiger partial charge >= 0.3 is 0 Å². The summed E-state index contributed by atoms with van der Waals surface area (Å²) in [5.74, 6) is 1.55. The molecule has 0 unspecified atom stereocenters. The van der Waals surface area contributed by atoms with E-state index in [1.54, 1.807) is 16.7 Å². The van der Waals surface area contributed by atoms with E-state index in [-0.39, 0.29) is 5.56 Å². The summed E-state index contributed by atoms with van der Waals surface area (Å²) in [5, 5.41) is 15.8. The number of rotatable bonds is 6. The van der Waals surface area contributed by atoms with Crippen LogP contribution in [0.3, 0.4) is 0 Å². The van der Waals surface area contributed by atoms with Crippen LogP contribution in [-0.4, -0.2) is 29.2 Å². The van der Waals surface area contributed by atoms with Crippen LogP contribution in [-0.2, 0) is 7.05 Å². The van der Waals surface area contributed by atoms with Crippen molar-refractivity contribution in [2.24, 2.45) is 13.0 Å². The van der Waals surface area contributed by atoms with E-state index in [1.807, 2.05) is 19.2 Å². The summed E-state index contributed by atoms with van der Waals surface area (Å²) in [6, 6.07) is 18.1. The van der Waals surface area contributed by atoms with Gasteiger partial charge in [0.15, 0.2) is 5.82 Å². The Hall–Kier alpha value is -3.43. The summed E-state index contributed by atoms with van der Waals surface area (Å²) >= 11 is 0. The maximum atomic E-state index is 13.2. The van der Waals surface area contributed by atoms with Gasteiger partial charge in [-0.3, -0.25) is 4.79 Å². The summed E-state index contributed by atoms with van der Waals surface area (Å²) in [6.07, 6.45) is 3.61. The lowest BCUT2D eigenvalue weighted by atomic mass is 10.0. The van der Waals surface area contributed by atoms with Crippen molar-refractivity contribution in [3.63, 3.8) is 0 Å².